The lowest BCUT2D eigenvalue weighted by molar-refractivity contribution is 0.0425. The number of carbonyl (C=O) groups is 1. The maximum Gasteiger partial charge on any atom is 0.253 e. The number of hydrogen-bond donors (Lipinski definition) is 0. The normalized spacial score (nSPS) is 19.1. The molecule has 1 amide bonds. The zero-order valence-corrected chi connectivity index (χ0v) is 18.2. The largest absolute Gasteiger partial charge is 0.490 e. The highest BCUT2D eigenvalue weighted by atomic mass is 35.5. The summed E-state index contributed by atoms with van der Waals surface area (Å²) in [5.41, 5.74) is 0.551. The number of carbonyl (C=O) groups excluding carboxylic acids is 1. The minimum Gasteiger partial charge on any atom is -0.490 e. The Morgan fingerprint density at radius 1 is 0.900 bits per heavy atom. The monoisotopic (exact) mass is 450 g/mol. The highest BCUT2D eigenvalue weighted by molar-refractivity contribution is 6.42. The molecule has 0 radical (unpaired) electrons. The molecule has 0 N–H and O–H groups in total. The molecule has 160 valence electrons. The maximum atomic E-state index is 13.1. The van der Waals surface area contributed by atoms with Crippen LogP contribution in [0.5, 0.6) is 5.75 Å². The van der Waals surface area contributed by atoms with Gasteiger partial charge in [0.15, 0.2) is 0 Å². The zero-order chi connectivity index (χ0) is 21.1. The fraction of sp³-hybridized carbons (Fsp3) is 0.435. The first-order valence-electron chi connectivity index (χ1n) is 10.4. The van der Waals surface area contributed by atoms with Crippen LogP contribution < -0.4 is 4.74 Å². The molecule has 2 aromatic carbocycles. The van der Waals surface area contributed by atoms with E-state index in [0.717, 1.165) is 57.6 Å². The molecule has 0 spiro atoms. The van der Waals surface area contributed by atoms with Gasteiger partial charge in [0.05, 0.1) is 10.0 Å². The Hall–Kier alpha value is -1.82. The lowest BCUT2D eigenvalue weighted by Gasteiger charge is -2.41. The van der Waals surface area contributed by atoms with Crippen LogP contribution in [0.15, 0.2) is 42.5 Å². The third-order valence-electron chi connectivity index (χ3n) is 6.03. The first-order chi connectivity index (χ1) is 14.5. The summed E-state index contributed by atoms with van der Waals surface area (Å²) in [5.74, 6) is 0.425. The summed E-state index contributed by atoms with van der Waals surface area (Å²) >= 11 is 12.0. The molecule has 0 aromatic heterocycles. The topological polar surface area (TPSA) is 32.8 Å². The van der Waals surface area contributed by atoms with Crippen LogP contribution in [0, 0.1) is 5.82 Å². The second kappa shape index (κ2) is 9.54. The Morgan fingerprint density at radius 2 is 1.57 bits per heavy atom. The number of rotatable bonds is 4. The molecule has 0 bridgehead atoms. The van der Waals surface area contributed by atoms with E-state index in [0.29, 0.717) is 21.7 Å². The predicted molar refractivity (Wildman–Crippen MR) is 117 cm³/mol. The van der Waals surface area contributed by atoms with E-state index in [1.165, 1.54) is 12.1 Å². The van der Waals surface area contributed by atoms with E-state index in [1.807, 2.05) is 11.0 Å². The molecular formula is C23H25Cl2FN2O2. The minimum absolute atomic E-state index is 0.0119. The molecule has 2 aromatic rings. The van der Waals surface area contributed by atoms with Crippen LogP contribution in [0.4, 0.5) is 4.39 Å². The molecule has 2 fully saturated rings. The molecule has 0 unspecified atom stereocenters. The number of halogens is 3. The number of benzene rings is 2. The van der Waals surface area contributed by atoms with E-state index in [4.69, 9.17) is 27.9 Å². The molecule has 2 aliphatic heterocycles. The molecule has 30 heavy (non-hydrogen) atoms. The summed E-state index contributed by atoms with van der Waals surface area (Å²) in [6.07, 6.45) is 4.04. The number of ether oxygens (including phenoxy) is 1. The van der Waals surface area contributed by atoms with Crippen LogP contribution in [-0.2, 0) is 0 Å². The summed E-state index contributed by atoms with van der Waals surface area (Å²) < 4.78 is 19.2. The Bertz CT molecular complexity index is 877. The number of piperidine rings is 2. The SMILES string of the molecule is O=C(c1ccc(F)cc1)N1CCC(N2CCC(Oc3ccc(Cl)c(Cl)c3)CC2)CC1. The Balaban J connectivity index is 1.24. The first-order valence-corrected chi connectivity index (χ1v) is 11.2. The summed E-state index contributed by atoms with van der Waals surface area (Å²) in [7, 11) is 0. The van der Waals surface area contributed by atoms with Crippen molar-refractivity contribution < 1.29 is 13.9 Å². The lowest BCUT2D eigenvalue weighted by atomic mass is 9.98. The van der Waals surface area contributed by atoms with Crippen molar-refractivity contribution in [3.8, 4) is 5.75 Å². The van der Waals surface area contributed by atoms with Gasteiger partial charge in [-0.25, -0.2) is 4.39 Å². The van der Waals surface area contributed by atoms with E-state index in [-0.39, 0.29) is 17.8 Å². The molecule has 7 heteroatoms. The lowest BCUT2D eigenvalue weighted by Crippen LogP contribution is -2.50. The number of amides is 1. The Kier molecular flexibility index (Phi) is 6.81. The van der Waals surface area contributed by atoms with Crippen LogP contribution in [0.3, 0.4) is 0 Å². The Morgan fingerprint density at radius 3 is 2.20 bits per heavy atom. The third-order valence-corrected chi connectivity index (χ3v) is 6.77. The van der Waals surface area contributed by atoms with E-state index in [1.54, 1.807) is 24.3 Å². The quantitative estimate of drug-likeness (QED) is 0.634. The number of likely N-dealkylation sites (tertiary alicyclic amines) is 2. The van der Waals surface area contributed by atoms with Crippen LogP contribution in [0.1, 0.15) is 36.0 Å². The van der Waals surface area contributed by atoms with E-state index in [9.17, 15) is 9.18 Å². The fourth-order valence-electron chi connectivity index (χ4n) is 4.31. The van der Waals surface area contributed by atoms with Gasteiger partial charge in [-0.2, -0.15) is 0 Å². The van der Waals surface area contributed by atoms with Gasteiger partial charge >= 0.3 is 0 Å². The summed E-state index contributed by atoms with van der Waals surface area (Å²) in [4.78, 5) is 17.0. The van der Waals surface area contributed by atoms with Gasteiger partial charge < -0.3 is 9.64 Å². The van der Waals surface area contributed by atoms with Crippen molar-refractivity contribution in [1.29, 1.82) is 0 Å². The standard InChI is InChI=1S/C23H25Cl2FN2O2/c24-21-6-5-20(15-22(21)25)30-19-9-13-27(14-10-19)18-7-11-28(12-8-18)23(29)16-1-3-17(26)4-2-16/h1-6,15,18-19H,7-14H2. The van der Waals surface area contributed by atoms with Crippen molar-refractivity contribution >= 4 is 29.1 Å². The molecule has 0 aliphatic carbocycles. The zero-order valence-electron chi connectivity index (χ0n) is 16.7. The van der Waals surface area contributed by atoms with E-state index >= 15 is 0 Å². The summed E-state index contributed by atoms with van der Waals surface area (Å²) in [6.45, 7) is 3.45. The van der Waals surface area contributed by atoms with Gasteiger partial charge in [-0.1, -0.05) is 23.2 Å². The second-order valence-electron chi connectivity index (χ2n) is 7.96. The molecule has 4 rings (SSSR count). The molecule has 2 heterocycles. The van der Waals surface area contributed by atoms with Gasteiger partial charge in [0.1, 0.15) is 17.7 Å². The van der Waals surface area contributed by atoms with Crippen LogP contribution in [-0.4, -0.2) is 54.0 Å². The van der Waals surface area contributed by atoms with Gasteiger partial charge in [-0.15, -0.1) is 0 Å². The average molecular weight is 451 g/mol. The molecule has 2 saturated heterocycles. The van der Waals surface area contributed by atoms with Gasteiger partial charge in [0.25, 0.3) is 5.91 Å². The van der Waals surface area contributed by atoms with Crippen molar-refractivity contribution in [2.45, 2.75) is 37.8 Å². The molecule has 4 nitrogen and oxygen atoms in total. The van der Waals surface area contributed by atoms with Gasteiger partial charge in [-0.3, -0.25) is 9.69 Å². The van der Waals surface area contributed by atoms with Gasteiger partial charge in [-0.05, 0) is 62.1 Å². The summed E-state index contributed by atoms with van der Waals surface area (Å²) in [6, 6.07) is 11.7. The van der Waals surface area contributed by atoms with Crippen molar-refractivity contribution in [2.75, 3.05) is 26.2 Å². The third kappa shape index (κ3) is 5.08. The van der Waals surface area contributed by atoms with Crippen LogP contribution in [0.2, 0.25) is 10.0 Å². The number of nitrogens with zero attached hydrogens (tertiary/aromatic N) is 2. The first kappa shape index (κ1) is 21.4. The highest BCUT2D eigenvalue weighted by Gasteiger charge is 2.30. The van der Waals surface area contributed by atoms with Crippen molar-refractivity contribution in [3.63, 3.8) is 0 Å². The highest BCUT2D eigenvalue weighted by Crippen LogP contribution is 2.29. The second-order valence-corrected chi connectivity index (χ2v) is 8.77. The molecule has 0 saturated carbocycles. The number of hydrogen-bond acceptors (Lipinski definition) is 3. The molecule has 0 atom stereocenters. The van der Waals surface area contributed by atoms with E-state index < -0.39 is 0 Å². The fourth-order valence-corrected chi connectivity index (χ4v) is 4.60. The van der Waals surface area contributed by atoms with Crippen LogP contribution in [0.25, 0.3) is 0 Å². The molecular weight excluding hydrogens is 426 g/mol. The van der Waals surface area contributed by atoms with E-state index in [2.05, 4.69) is 4.90 Å². The summed E-state index contributed by atoms with van der Waals surface area (Å²) in [5, 5.41) is 1.04. The Labute approximate surface area is 186 Å². The van der Waals surface area contributed by atoms with Crippen molar-refractivity contribution in [3.05, 3.63) is 63.9 Å². The van der Waals surface area contributed by atoms with Crippen molar-refractivity contribution in [1.82, 2.24) is 9.80 Å². The maximum absolute atomic E-state index is 13.1. The van der Waals surface area contributed by atoms with Crippen molar-refractivity contribution in [2.24, 2.45) is 0 Å². The minimum atomic E-state index is -0.322. The average Bonchev–Trinajstić information content (AvgIpc) is 2.77. The van der Waals surface area contributed by atoms with Gasteiger partial charge in [0.2, 0.25) is 0 Å². The molecule has 2 aliphatic rings. The van der Waals surface area contributed by atoms with Crippen LogP contribution >= 0.6 is 23.2 Å². The smallest absolute Gasteiger partial charge is 0.253 e. The van der Waals surface area contributed by atoms with Gasteiger partial charge in [0, 0.05) is 43.9 Å². The predicted octanol–water partition coefficient (Wildman–Crippen LogP) is 5.28.